The molecule has 0 bridgehead atoms. The zero-order valence-electron chi connectivity index (χ0n) is 10.6. The third-order valence-electron chi connectivity index (χ3n) is 2.89. The molecular weight excluding hydrogens is 247 g/mol. The molecule has 2 rings (SSSR count). The zero-order chi connectivity index (χ0) is 13.1. The second-order valence-electron chi connectivity index (χ2n) is 4.62. The number of aryl methyl sites for hydroxylation is 2. The Morgan fingerprint density at radius 2 is 2.11 bits per heavy atom. The fourth-order valence-corrected chi connectivity index (χ4v) is 2.83. The fourth-order valence-electron chi connectivity index (χ4n) is 1.96. The predicted octanol–water partition coefficient (Wildman–Crippen LogP) is 3.01. The van der Waals surface area contributed by atoms with Gasteiger partial charge >= 0.3 is 0 Å². The molecule has 1 atom stereocenters. The van der Waals surface area contributed by atoms with Gasteiger partial charge in [0.1, 0.15) is 5.82 Å². The van der Waals surface area contributed by atoms with Crippen LogP contribution >= 0.6 is 11.3 Å². The molecule has 18 heavy (non-hydrogen) atoms. The number of benzene rings is 1. The van der Waals surface area contributed by atoms with Crippen molar-refractivity contribution in [2.75, 3.05) is 0 Å². The third-order valence-corrected chi connectivity index (χ3v) is 3.88. The summed E-state index contributed by atoms with van der Waals surface area (Å²) in [6.45, 7) is 3.90. The monoisotopic (exact) mass is 264 g/mol. The van der Waals surface area contributed by atoms with Gasteiger partial charge in [-0.2, -0.15) is 0 Å². The van der Waals surface area contributed by atoms with Crippen LogP contribution in [-0.4, -0.2) is 11.0 Å². The number of nitrogens with two attached hydrogens (primary N) is 1. The Morgan fingerprint density at radius 1 is 1.33 bits per heavy atom. The molecule has 0 spiro atoms. The van der Waals surface area contributed by atoms with Gasteiger partial charge in [0, 0.05) is 23.5 Å². The molecule has 0 aliphatic heterocycles. The van der Waals surface area contributed by atoms with Gasteiger partial charge in [-0.05, 0) is 43.5 Å². The molecule has 0 saturated carbocycles. The number of rotatable bonds is 4. The molecule has 0 radical (unpaired) electrons. The van der Waals surface area contributed by atoms with Crippen LogP contribution in [0.3, 0.4) is 0 Å². The first-order chi connectivity index (χ1) is 8.54. The molecule has 2 aromatic rings. The highest BCUT2D eigenvalue weighted by atomic mass is 32.1. The average Bonchev–Trinajstić information content (AvgIpc) is 2.68. The second-order valence-corrected chi connectivity index (χ2v) is 5.56. The van der Waals surface area contributed by atoms with Crippen molar-refractivity contribution in [1.29, 1.82) is 0 Å². The van der Waals surface area contributed by atoms with Crippen molar-refractivity contribution in [3.63, 3.8) is 0 Å². The summed E-state index contributed by atoms with van der Waals surface area (Å²) in [5, 5.41) is 3.10. The van der Waals surface area contributed by atoms with Gasteiger partial charge in [-0.15, -0.1) is 11.3 Å². The largest absolute Gasteiger partial charge is 0.327 e. The van der Waals surface area contributed by atoms with Crippen molar-refractivity contribution in [3.8, 4) is 0 Å². The van der Waals surface area contributed by atoms with Crippen molar-refractivity contribution >= 4 is 11.3 Å². The molecule has 4 heteroatoms. The lowest BCUT2D eigenvalue weighted by molar-refractivity contribution is 0.621. The predicted molar refractivity (Wildman–Crippen MR) is 73.4 cm³/mol. The smallest absolute Gasteiger partial charge is 0.123 e. The quantitative estimate of drug-likeness (QED) is 0.922. The summed E-state index contributed by atoms with van der Waals surface area (Å²) in [4.78, 5) is 4.41. The van der Waals surface area contributed by atoms with Gasteiger partial charge in [-0.25, -0.2) is 9.37 Å². The topological polar surface area (TPSA) is 38.9 Å². The highest BCUT2D eigenvalue weighted by Crippen LogP contribution is 2.15. The van der Waals surface area contributed by atoms with Gasteiger partial charge in [0.15, 0.2) is 0 Å². The first-order valence-corrected chi connectivity index (χ1v) is 6.84. The summed E-state index contributed by atoms with van der Waals surface area (Å²) in [5.74, 6) is -0.194. The summed E-state index contributed by atoms with van der Waals surface area (Å²) < 4.78 is 13.0. The lowest BCUT2D eigenvalue weighted by atomic mass is 10.00. The number of thiazole rings is 1. The van der Waals surface area contributed by atoms with E-state index in [1.807, 2.05) is 25.3 Å². The van der Waals surface area contributed by atoms with E-state index in [1.54, 1.807) is 17.4 Å². The van der Waals surface area contributed by atoms with Crippen molar-refractivity contribution < 1.29 is 4.39 Å². The number of nitrogens with zero attached hydrogens (tertiary/aromatic N) is 1. The maximum absolute atomic E-state index is 13.0. The molecule has 0 fully saturated rings. The molecule has 1 heterocycles. The maximum Gasteiger partial charge on any atom is 0.123 e. The summed E-state index contributed by atoms with van der Waals surface area (Å²) in [6.07, 6.45) is 1.53. The lowest BCUT2D eigenvalue weighted by Crippen LogP contribution is -2.25. The van der Waals surface area contributed by atoms with E-state index in [1.165, 1.54) is 6.07 Å². The van der Waals surface area contributed by atoms with Gasteiger partial charge in [0.2, 0.25) is 0 Å². The van der Waals surface area contributed by atoms with Gasteiger partial charge in [0.05, 0.1) is 5.01 Å². The summed E-state index contributed by atoms with van der Waals surface area (Å²) in [5.41, 5.74) is 9.24. The number of hydrogen-bond acceptors (Lipinski definition) is 3. The minimum atomic E-state index is -0.194. The van der Waals surface area contributed by atoms with Gasteiger partial charge < -0.3 is 5.73 Å². The molecular formula is C14H17FN2S. The van der Waals surface area contributed by atoms with Crippen molar-refractivity contribution in [2.24, 2.45) is 5.73 Å². The van der Waals surface area contributed by atoms with Crippen LogP contribution in [-0.2, 0) is 12.8 Å². The normalized spacial score (nSPS) is 12.7. The van der Waals surface area contributed by atoms with Crippen LogP contribution in [0.15, 0.2) is 23.6 Å². The molecule has 2 nitrogen and oxygen atoms in total. The lowest BCUT2D eigenvalue weighted by Gasteiger charge is -2.12. The minimum Gasteiger partial charge on any atom is -0.327 e. The van der Waals surface area contributed by atoms with Crippen LogP contribution in [0.2, 0.25) is 0 Å². The Labute approximate surface area is 111 Å². The first kappa shape index (κ1) is 13.2. The maximum atomic E-state index is 13.0. The minimum absolute atomic E-state index is 0.0275. The van der Waals surface area contributed by atoms with Crippen LogP contribution < -0.4 is 5.73 Å². The Morgan fingerprint density at radius 3 is 2.72 bits per heavy atom. The molecule has 2 N–H and O–H groups in total. The Balaban J connectivity index is 2.00. The van der Waals surface area contributed by atoms with E-state index in [0.717, 1.165) is 34.7 Å². The average molecular weight is 264 g/mol. The Hall–Kier alpha value is -1.26. The fraction of sp³-hybridized carbons (Fsp3) is 0.357. The molecule has 1 aromatic carbocycles. The van der Waals surface area contributed by atoms with Crippen LogP contribution in [0.5, 0.6) is 0 Å². The highest BCUT2D eigenvalue weighted by molar-refractivity contribution is 7.09. The van der Waals surface area contributed by atoms with E-state index in [-0.39, 0.29) is 11.9 Å². The molecule has 0 amide bonds. The highest BCUT2D eigenvalue weighted by Gasteiger charge is 2.10. The van der Waals surface area contributed by atoms with E-state index in [9.17, 15) is 4.39 Å². The van der Waals surface area contributed by atoms with Crippen LogP contribution in [0.1, 0.15) is 21.8 Å². The van der Waals surface area contributed by atoms with Crippen LogP contribution in [0.25, 0.3) is 0 Å². The van der Waals surface area contributed by atoms with E-state index < -0.39 is 0 Å². The molecule has 96 valence electrons. The van der Waals surface area contributed by atoms with Gasteiger partial charge in [0.25, 0.3) is 0 Å². The van der Waals surface area contributed by atoms with Crippen molar-refractivity contribution in [2.45, 2.75) is 32.7 Å². The molecule has 1 aromatic heterocycles. The number of hydrogen-bond donors (Lipinski definition) is 1. The van der Waals surface area contributed by atoms with Crippen LogP contribution in [0.4, 0.5) is 4.39 Å². The van der Waals surface area contributed by atoms with Crippen molar-refractivity contribution in [1.82, 2.24) is 4.98 Å². The van der Waals surface area contributed by atoms with E-state index >= 15 is 0 Å². The van der Waals surface area contributed by atoms with E-state index in [0.29, 0.717) is 0 Å². The van der Waals surface area contributed by atoms with Crippen LogP contribution in [0, 0.1) is 19.7 Å². The van der Waals surface area contributed by atoms with Crippen molar-refractivity contribution in [3.05, 3.63) is 51.2 Å². The Kier molecular flexibility index (Phi) is 4.09. The summed E-state index contributed by atoms with van der Waals surface area (Å²) in [6, 6.07) is 4.88. The number of aromatic nitrogens is 1. The van der Waals surface area contributed by atoms with Gasteiger partial charge in [-0.1, -0.05) is 6.07 Å². The molecule has 1 unspecified atom stereocenters. The molecule has 0 aliphatic rings. The van der Waals surface area contributed by atoms with Gasteiger partial charge in [-0.3, -0.25) is 0 Å². The Bertz CT molecular complexity index is 536. The molecule has 0 aliphatic carbocycles. The summed E-state index contributed by atoms with van der Waals surface area (Å²) in [7, 11) is 0. The standard InChI is InChI=1S/C14H17FN2S/c1-9-5-12(15)4-3-11(9)6-13(16)7-14-17-10(2)8-18-14/h3-5,8,13H,6-7,16H2,1-2H3. The van der Waals surface area contributed by atoms with E-state index in [4.69, 9.17) is 5.73 Å². The summed E-state index contributed by atoms with van der Waals surface area (Å²) >= 11 is 1.64. The third kappa shape index (κ3) is 3.37. The number of halogens is 1. The SMILES string of the molecule is Cc1csc(CC(N)Cc2ccc(F)cc2C)n1. The second kappa shape index (κ2) is 5.59. The van der Waals surface area contributed by atoms with E-state index in [2.05, 4.69) is 4.98 Å². The first-order valence-electron chi connectivity index (χ1n) is 5.96. The zero-order valence-corrected chi connectivity index (χ0v) is 11.4. The molecule has 0 saturated heterocycles.